The molecule has 1 fully saturated rings. The molecule has 0 bridgehead atoms. The van der Waals surface area contributed by atoms with Gasteiger partial charge in [0.2, 0.25) is 0 Å². The summed E-state index contributed by atoms with van der Waals surface area (Å²) in [6, 6.07) is 2.77. The van der Waals surface area contributed by atoms with Gasteiger partial charge in [0.25, 0.3) is 0 Å². The highest BCUT2D eigenvalue weighted by Crippen LogP contribution is 2.47. The molecule has 0 unspecified atom stereocenters. The number of alkyl halides is 3. The second kappa shape index (κ2) is 4.96. The molecule has 1 N–H and O–H groups in total. The number of carbonyl (C=O) groups is 1. The molecule has 3 nitrogen and oxygen atoms in total. The molecular weight excluding hydrogens is 278 g/mol. The van der Waals surface area contributed by atoms with E-state index < -0.39 is 29.2 Å². The summed E-state index contributed by atoms with van der Waals surface area (Å²) in [5.74, 6) is -1.33. The Morgan fingerprint density at radius 1 is 1.40 bits per heavy atom. The first-order valence-electron chi connectivity index (χ1n) is 6.11. The second-order valence-electron chi connectivity index (χ2n) is 4.62. The molecule has 110 valence electrons. The number of amides is 1. The number of carbonyl (C=O) groups excluding carboxylic acids is 1. The summed E-state index contributed by atoms with van der Waals surface area (Å²) in [7, 11) is 0. The Balaban J connectivity index is 2.27. The highest BCUT2D eigenvalue weighted by molar-refractivity contribution is 5.69. The average molecular weight is 291 g/mol. The van der Waals surface area contributed by atoms with Crippen molar-refractivity contribution < 1.29 is 27.1 Å². The standard InChI is InChI=1S/C13H13F4NO2/c1-2-20-11(19)18-12(5-6-12)8-3-4-10(14)9(7-8)13(15,16)17/h3-4,7H,2,5-6H2,1H3,(H,18,19). The van der Waals surface area contributed by atoms with Crippen molar-refractivity contribution in [1.82, 2.24) is 5.32 Å². The van der Waals surface area contributed by atoms with Crippen molar-refractivity contribution in [1.29, 1.82) is 0 Å². The summed E-state index contributed by atoms with van der Waals surface area (Å²) < 4.78 is 55.9. The van der Waals surface area contributed by atoms with E-state index in [0.717, 1.165) is 12.1 Å². The lowest BCUT2D eigenvalue weighted by Gasteiger charge is -2.19. The number of alkyl carbamates (subject to hydrolysis) is 1. The van der Waals surface area contributed by atoms with Gasteiger partial charge in [-0.1, -0.05) is 6.07 Å². The van der Waals surface area contributed by atoms with Crippen LogP contribution in [0.15, 0.2) is 18.2 Å². The van der Waals surface area contributed by atoms with Crippen LogP contribution in [0.5, 0.6) is 0 Å². The third-order valence-corrected chi connectivity index (χ3v) is 3.19. The maximum atomic E-state index is 13.2. The van der Waals surface area contributed by atoms with Crippen molar-refractivity contribution >= 4 is 6.09 Å². The minimum atomic E-state index is -4.76. The molecule has 0 saturated heterocycles. The minimum absolute atomic E-state index is 0.166. The van der Waals surface area contributed by atoms with Crippen molar-refractivity contribution in [3.05, 3.63) is 35.1 Å². The lowest BCUT2D eigenvalue weighted by atomic mass is 10.0. The SMILES string of the molecule is CCOC(=O)NC1(c2ccc(F)c(C(F)(F)F)c2)CC1. The molecule has 20 heavy (non-hydrogen) atoms. The maximum absolute atomic E-state index is 13.2. The van der Waals surface area contributed by atoms with Gasteiger partial charge < -0.3 is 10.1 Å². The number of nitrogens with one attached hydrogen (secondary N) is 1. The molecule has 1 aromatic rings. The third-order valence-electron chi connectivity index (χ3n) is 3.19. The van der Waals surface area contributed by atoms with Crippen LogP contribution in [0.1, 0.15) is 30.9 Å². The number of ether oxygens (including phenoxy) is 1. The smallest absolute Gasteiger partial charge is 0.419 e. The number of halogens is 4. The molecule has 0 heterocycles. The van der Waals surface area contributed by atoms with Gasteiger partial charge >= 0.3 is 12.3 Å². The van der Waals surface area contributed by atoms with E-state index in [-0.39, 0.29) is 12.2 Å². The number of hydrogen-bond acceptors (Lipinski definition) is 2. The fourth-order valence-electron chi connectivity index (χ4n) is 2.01. The molecule has 0 aromatic heterocycles. The quantitative estimate of drug-likeness (QED) is 0.864. The van der Waals surface area contributed by atoms with Crippen molar-refractivity contribution in [3.8, 4) is 0 Å². The second-order valence-corrected chi connectivity index (χ2v) is 4.62. The van der Waals surface area contributed by atoms with Gasteiger partial charge in [0.05, 0.1) is 17.7 Å². The highest BCUT2D eigenvalue weighted by Gasteiger charge is 2.47. The predicted molar refractivity (Wildman–Crippen MR) is 62.5 cm³/mol. The minimum Gasteiger partial charge on any atom is -0.450 e. The van der Waals surface area contributed by atoms with Gasteiger partial charge in [-0.2, -0.15) is 13.2 Å². The van der Waals surface area contributed by atoms with Crippen LogP contribution in [0.25, 0.3) is 0 Å². The molecule has 1 aliphatic rings. The summed E-state index contributed by atoms with van der Waals surface area (Å²) in [6.07, 6.45) is -4.47. The molecule has 2 rings (SSSR count). The first-order valence-corrected chi connectivity index (χ1v) is 6.11. The Kier molecular flexibility index (Phi) is 3.62. The number of hydrogen-bond donors (Lipinski definition) is 1. The maximum Gasteiger partial charge on any atom is 0.419 e. The monoisotopic (exact) mass is 291 g/mol. The fourth-order valence-corrected chi connectivity index (χ4v) is 2.01. The highest BCUT2D eigenvalue weighted by atomic mass is 19.4. The van der Waals surface area contributed by atoms with Crippen LogP contribution in [0, 0.1) is 5.82 Å². The van der Waals surface area contributed by atoms with Crippen LogP contribution in [0.4, 0.5) is 22.4 Å². The Morgan fingerprint density at radius 3 is 2.55 bits per heavy atom. The summed E-state index contributed by atoms with van der Waals surface area (Å²) in [5.41, 5.74) is -1.97. The van der Waals surface area contributed by atoms with Crippen molar-refractivity contribution in [2.75, 3.05) is 6.61 Å². The van der Waals surface area contributed by atoms with Gasteiger partial charge in [0.15, 0.2) is 0 Å². The van der Waals surface area contributed by atoms with Crippen molar-refractivity contribution in [2.24, 2.45) is 0 Å². The zero-order valence-corrected chi connectivity index (χ0v) is 10.7. The van der Waals surface area contributed by atoms with E-state index in [1.54, 1.807) is 6.92 Å². The number of rotatable bonds is 3. The Bertz CT molecular complexity index is 524. The zero-order valence-electron chi connectivity index (χ0n) is 10.7. The van der Waals surface area contributed by atoms with Gasteiger partial charge in [-0.3, -0.25) is 0 Å². The molecule has 1 saturated carbocycles. The van der Waals surface area contributed by atoms with Gasteiger partial charge in [-0.25, -0.2) is 9.18 Å². The molecule has 0 radical (unpaired) electrons. The topological polar surface area (TPSA) is 38.3 Å². The predicted octanol–water partition coefficient (Wildman–Crippen LogP) is 3.58. The van der Waals surface area contributed by atoms with Crippen molar-refractivity contribution in [2.45, 2.75) is 31.5 Å². The van der Waals surface area contributed by atoms with Crippen LogP contribution in [-0.2, 0) is 16.5 Å². The average Bonchev–Trinajstić information content (AvgIpc) is 3.09. The summed E-state index contributed by atoms with van der Waals surface area (Å²) in [5, 5.41) is 2.53. The number of benzene rings is 1. The third kappa shape index (κ3) is 2.86. The summed E-state index contributed by atoms with van der Waals surface area (Å²) in [6.45, 7) is 1.79. The molecule has 0 aliphatic heterocycles. The fraction of sp³-hybridized carbons (Fsp3) is 0.462. The van der Waals surface area contributed by atoms with Gasteiger partial charge in [-0.15, -0.1) is 0 Å². The van der Waals surface area contributed by atoms with Crippen LogP contribution in [0.2, 0.25) is 0 Å². The van der Waals surface area contributed by atoms with Crippen LogP contribution < -0.4 is 5.32 Å². The molecule has 1 amide bonds. The van der Waals surface area contributed by atoms with Gasteiger partial charge in [0, 0.05) is 0 Å². The summed E-state index contributed by atoms with van der Waals surface area (Å²) in [4.78, 5) is 11.4. The van der Waals surface area contributed by atoms with Gasteiger partial charge in [0.1, 0.15) is 5.82 Å². The largest absolute Gasteiger partial charge is 0.450 e. The normalized spacial score (nSPS) is 16.6. The summed E-state index contributed by atoms with van der Waals surface area (Å²) >= 11 is 0. The lowest BCUT2D eigenvalue weighted by Crippen LogP contribution is -2.35. The van der Waals surface area contributed by atoms with E-state index in [9.17, 15) is 22.4 Å². The van der Waals surface area contributed by atoms with E-state index in [0.29, 0.717) is 12.8 Å². The van der Waals surface area contributed by atoms with Crippen LogP contribution >= 0.6 is 0 Å². The van der Waals surface area contributed by atoms with E-state index in [1.807, 2.05) is 0 Å². The molecule has 1 aromatic carbocycles. The van der Waals surface area contributed by atoms with Gasteiger partial charge in [-0.05, 0) is 37.5 Å². The molecule has 7 heteroatoms. The first-order chi connectivity index (χ1) is 9.28. The molecule has 1 aliphatic carbocycles. The molecular formula is C13H13F4NO2. The Labute approximate surface area is 112 Å². The molecule has 0 spiro atoms. The molecule has 0 atom stereocenters. The van der Waals surface area contributed by atoms with E-state index >= 15 is 0 Å². The van der Waals surface area contributed by atoms with Crippen LogP contribution in [0.3, 0.4) is 0 Å². The van der Waals surface area contributed by atoms with Crippen molar-refractivity contribution in [3.63, 3.8) is 0 Å². The Morgan fingerprint density at radius 2 is 2.05 bits per heavy atom. The first kappa shape index (κ1) is 14.6. The van der Waals surface area contributed by atoms with E-state index in [2.05, 4.69) is 5.32 Å². The van der Waals surface area contributed by atoms with Crippen LogP contribution in [-0.4, -0.2) is 12.7 Å². The zero-order chi connectivity index (χ0) is 15.0. The lowest BCUT2D eigenvalue weighted by molar-refractivity contribution is -0.140. The van der Waals surface area contributed by atoms with E-state index in [1.165, 1.54) is 6.07 Å². The Hall–Kier alpha value is -1.79. The van der Waals surface area contributed by atoms with E-state index in [4.69, 9.17) is 4.74 Å².